The Balaban J connectivity index is 0.000000146. The van der Waals surface area contributed by atoms with Crippen molar-refractivity contribution in [1.29, 1.82) is 0 Å². The molecule has 0 bridgehead atoms. The molecule has 0 amide bonds. The standard InChI is InChI=1S/C62H41FN2S.C62H40N2OS/c63-58-39-46(42-18-6-1-7-19-42)38-56(44-20-8-2-9-21-44)61(58)65(49-26-14-5-15-27-49)50-33-30-43(31-34-50)45-32-36-55-59(40-45)66-62-54-37-35-51(41-57(54)52-28-16-17-29-53(52)60(55)62)64(47-22-10-3-11-23-47)48-24-12-4-13-25-48;1-4-17-42(18-5-1)48-23-12-14-28-56(48)63(44-19-6-2-7-20-44)46-34-31-41(32-35-46)43-33-37-54-59(39-43)66-62-53-38-36-47(40-55(53)49-24-10-11-26-51(49)60(54)62)64(45-21-8-3-9-22-45)57-29-16-27-52-50-25-13-15-30-58(50)65-61(52)57/h1-41H;1-40H. The summed E-state index contributed by atoms with van der Waals surface area (Å²) in [5.41, 5.74) is 24.4. The second kappa shape index (κ2) is 33.8. The number of hydrogen-bond acceptors (Lipinski definition) is 7. The molecule has 0 saturated heterocycles. The van der Waals surface area contributed by atoms with Crippen LogP contribution < -0.4 is 19.6 Å². The van der Waals surface area contributed by atoms with E-state index >= 15 is 4.39 Å². The fourth-order valence-electron chi connectivity index (χ4n) is 19.6. The zero-order valence-corrected chi connectivity index (χ0v) is 73.3. The molecule has 0 aliphatic rings. The van der Waals surface area contributed by atoms with Crippen LogP contribution in [-0.4, -0.2) is 0 Å². The molecule has 0 fully saturated rings. The maximum atomic E-state index is 17.0. The highest BCUT2D eigenvalue weighted by atomic mass is 32.1. The first kappa shape index (κ1) is 78.7. The van der Waals surface area contributed by atoms with Crippen molar-refractivity contribution in [3.05, 3.63) is 497 Å². The van der Waals surface area contributed by atoms with Crippen LogP contribution in [0.1, 0.15) is 0 Å². The van der Waals surface area contributed by atoms with Crippen molar-refractivity contribution in [3.63, 3.8) is 0 Å². The molecule has 0 aliphatic carbocycles. The summed E-state index contributed by atoms with van der Waals surface area (Å²) in [7, 11) is 0. The predicted molar refractivity (Wildman–Crippen MR) is 562 cm³/mol. The molecular weight excluding hydrogens is 1640 g/mol. The van der Waals surface area contributed by atoms with Crippen molar-refractivity contribution in [2.45, 2.75) is 0 Å². The molecule has 622 valence electrons. The third-order valence-corrected chi connectivity index (χ3v) is 28.1. The molecule has 0 aliphatic heterocycles. The van der Waals surface area contributed by atoms with E-state index in [0.717, 1.165) is 118 Å². The number of nitrogens with zero attached hydrogens (tertiary/aromatic N) is 4. The lowest BCUT2D eigenvalue weighted by molar-refractivity contribution is 0.629. The molecule has 22 aromatic carbocycles. The van der Waals surface area contributed by atoms with E-state index in [2.05, 4.69) is 415 Å². The minimum atomic E-state index is -0.292. The van der Waals surface area contributed by atoms with Gasteiger partial charge in [-0.3, -0.25) is 0 Å². The number of fused-ring (bicyclic) bond motifs is 19. The molecule has 3 aromatic heterocycles. The van der Waals surface area contributed by atoms with Gasteiger partial charge < -0.3 is 24.0 Å². The van der Waals surface area contributed by atoms with Crippen LogP contribution in [0.2, 0.25) is 0 Å². The van der Waals surface area contributed by atoms with Crippen molar-refractivity contribution in [1.82, 2.24) is 0 Å². The molecule has 5 nitrogen and oxygen atoms in total. The van der Waals surface area contributed by atoms with Crippen LogP contribution >= 0.6 is 22.7 Å². The molecule has 0 N–H and O–H groups in total. The molecule has 0 radical (unpaired) electrons. The Morgan fingerprint density at radius 2 is 0.530 bits per heavy atom. The molecular formula is C124H81FN4OS2. The smallest absolute Gasteiger partial charge is 0.159 e. The Morgan fingerprint density at radius 1 is 0.189 bits per heavy atom. The second-order valence-electron chi connectivity index (χ2n) is 33.4. The third kappa shape index (κ3) is 14.2. The fraction of sp³-hybridized carbons (Fsp3) is 0. The molecule has 0 atom stereocenters. The zero-order valence-electron chi connectivity index (χ0n) is 71.7. The second-order valence-corrected chi connectivity index (χ2v) is 35.5. The Hall–Kier alpha value is -16.8. The minimum Gasteiger partial charge on any atom is -0.454 e. The third-order valence-electron chi connectivity index (χ3n) is 25.7. The number of furan rings is 1. The van der Waals surface area contributed by atoms with Crippen LogP contribution in [0.15, 0.2) is 496 Å². The Bertz CT molecular complexity index is 8600. The van der Waals surface area contributed by atoms with E-state index in [4.69, 9.17) is 4.42 Å². The van der Waals surface area contributed by atoms with E-state index in [-0.39, 0.29) is 5.82 Å². The summed E-state index contributed by atoms with van der Waals surface area (Å²) < 4.78 is 28.8. The lowest BCUT2D eigenvalue weighted by Gasteiger charge is -2.29. The fourth-order valence-corrected chi connectivity index (χ4v) is 22.2. The number of anilines is 12. The van der Waals surface area contributed by atoms with Crippen LogP contribution in [0.4, 0.5) is 72.6 Å². The van der Waals surface area contributed by atoms with Crippen molar-refractivity contribution in [3.8, 4) is 55.6 Å². The maximum absolute atomic E-state index is 17.0. The number of para-hydroxylation sites is 8. The first-order valence-electron chi connectivity index (χ1n) is 44.7. The molecule has 25 rings (SSSR count). The van der Waals surface area contributed by atoms with Gasteiger partial charge in [0.1, 0.15) is 11.4 Å². The van der Waals surface area contributed by atoms with Gasteiger partial charge in [0.2, 0.25) is 0 Å². The Labute approximate surface area is 771 Å². The van der Waals surface area contributed by atoms with Crippen LogP contribution in [0.5, 0.6) is 0 Å². The Morgan fingerprint density at radius 3 is 1.03 bits per heavy atom. The van der Waals surface area contributed by atoms with E-state index in [1.165, 1.54) is 106 Å². The molecule has 25 aromatic rings. The summed E-state index contributed by atoms with van der Waals surface area (Å²) in [4.78, 5) is 9.08. The lowest BCUT2D eigenvalue weighted by Crippen LogP contribution is -2.13. The summed E-state index contributed by atoms with van der Waals surface area (Å²) in [6, 6.07) is 174. The van der Waals surface area contributed by atoms with E-state index in [1.54, 1.807) is 6.07 Å². The van der Waals surface area contributed by atoms with Gasteiger partial charge in [-0.15, -0.1) is 22.7 Å². The largest absolute Gasteiger partial charge is 0.454 e. The first-order chi connectivity index (χ1) is 65.4. The maximum Gasteiger partial charge on any atom is 0.159 e. The number of halogens is 1. The number of rotatable bonds is 17. The van der Waals surface area contributed by atoms with E-state index in [9.17, 15) is 0 Å². The van der Waals surface area contributed by atoms with Crippen LogP contribution in [-0.2, 0) is 0 Å². The average Bonchev–Trinajstić information content (AvgIpc) is 1.55. The van der Waals surface area contributed by atoms with E-state index in [0.29, 0.717) is 5.69 Å². The van der Waals surface area contributed by atoms with Gasteiger partial charge in [0, 0.05) is 124 Å². The van der Waals surface area contributed by atoms with Crippen LogP contribution in [0.3, 0.4) is 0 Å². The predicted octanol–water partition coefficient (Wildman–Crippen LogP) is 37.0. The topological polar surface area (TPSA) is 26.1 Å². The van der Waals surface area contributed by atoms with Crippen LogP contribution in [0, 0.1) is 5.82 Å². The highest BCUT2D eigenvalue weighted by Gasteiger charge is 2.28. The zero-order chi connectivity index (χ0) is 87.5. The summed E-state index contributed by atoms with van der Waals surface area (Å²) in [6.07, 6.45) is 0. The van der Waals surface area contributed by atoms with E-state index < -0.39 is 0 Å². The number of hydrogen-bond donors (Lipinski definition) is 0. The monoisotopic (exact) mass is 1720 g/mol. The molecule has 3 heterocycles. The van der Waals surface area contributed by atoms with Crippen molar-refractivity contribution < 1.29 is 8.81 Å². The summed E-state index contributed by atoms with van der Waals surface area (Å²) >= 11 is 3.75. The molecule has 0 unspecified atom stereocenters. The quantitative estimate of drug-likeness (QED) is 0.0847. The van der Waals surface area contributed by atoms with Gasteiger partial charge in [0.15, 0.2) is 5.58 Å². The summed E-state index contributed by atoms with van der Waals surface area (Å²) in [6.45, 7) is 0. The summed E-state index contributed by atoms with van der Waals surface area (Å²) in [5.74, 6) is -0.292. The number of benzene rings is 22. The normalized spacial score (nSPS) is 11.5. The van der Waals surface area contributed by atoms with E-state index in [1.807, 2.05) is 113 Å². The van der Waals surface area contributed by atoms with Crippen molar-refractivity contribution >= 4 is 196 Å². The van der Waals surface area contributed by atoms with Crippen molar-refractivity contribution in [2.75, 3.05) is 19.6 Å². The molecule has 0 spiro atoms. The SMILES string of the molecule is Fc1cc(-c2ccccc2)cc(-c2ccccc2)c1N(c1ccccc1)c1ccc(-c2ccc3c(c2)sc2c4ccc(N(c5ccccc5)c5ccccc5)cc4c4ccccc4c32)cc1.c1ccc(-c2ccccc2N(c2ccccc2)c2ccc(-c3ccc4c(c3)sc3c5ccc(N(c6ccccc6)c6cccc7c6oc6ccccc67)cc5c5ccccc5c43)cc2)cc1. The summed E-state index contributed by atoms with van der Waals surface area (Å²) in [5, 5.41) is 17.4. The minimum absolute atomic E-state index is 0.292. The van der Waals surface area contributed by atoms with Gasteiger partial charge in [0.05, 0.1) is 17.1 Å². The van der Waals surface area contributed by atoms with Crippen molar-refractivity contribution in [2.24, 2.45) is 0 Å². The molecule has 8 heteroatoms. The highest BCUT2D eigenvalue weighted by Crippen LogP contribution is 2.53. The highest BCUT2D eigenvalue weighted by molar-refractivity contribution is 7.27. The van der Waals surface area contributed by atoms with Gasteiger partial charge in [-0.25, -0.2) is 4.39 Å². The average molecular weight is 1730 g/mol. The molecule has 0 saturated carbocycles. The first-order valence-corrected chi connectivity index (χ1v) is 46.3. The van der Waals surface area contributed by atoms with Gasteiger partial charge in [-0.2, -0.15) is 0 Å². The molecule has 132 heavy (non-hydrogen) atoms. The Kier molecular flexibility index (Phi) is 20.1. The lowest BCUT2D eigenvalue weighted by atomic mass is 9.95. The van der Waals surface area contributed by atoms with Gasteiger partial charge in [-0.1, -0.05) is 340 Å². The van der Waals surface area contributed by atoms with Crippen LogP contribution in [0.25, 0.3) is 161 Å². The van der Waals surface area contributed by atoms with Gasteiger partial charge >= 0.3 is 0 Å². The van der Waals surface area contributed by atoms with Gasteiger partial charge in [0.25, 0.3) is 0 Å². The number of thiophene rings is 2. The van der Waals surface area contributed by atoms with Gasteiger partial charge in [-0.05, 0) is 228 Å².